The Morgan fingerprint density at radius 3 is 2.31 bits per heavy atom. The lowest BCUT2D eigenvalue weighted by atomic mass is 10.2. The van der Waals surface area contributed by atoms with E-state index >= 15 is 0 Å². The van der Waals surface area contributed by atoms with E-state index in [1.165, 1.54) is 6.92 Å². The molecule has 0 saturated heterocycles. The average Bonchev–Trinajstić information content (AvgIpc) is 2.15. The van der Waals surface area contributed by atoms with Crippen LogP contribution in [0.3, 0.4) is 0 Å². The molecule has 2 atom stereocenters. The fourth-order valence-corrected chi connectivity index (χ4v) is 0.799. The molecule has 0 amide bonds. The van der Waals surface area contributed by atoms with Gasteiger partial charge in [-0.1, -0.05) is 30.0 Å². The summed E-state index contributed by atoms with van der Waals surface area (Å²) in [5.74, 6) is 5.32. The highest BCUT2D eigenvalue weighted by Crippen LogP contribution is 1.96. The van der Waals surface area contributed by atoms with E-state index in [4.69, 9.17) is 10.2 Å². The van der Waals surface area contributed by atoms with E-state index in [1.54, 1.807) is 0 Å². The van der Waals surface area contributed by atoms with Crippen molar-refractivity contribution in [2.45, 2.75) is 19.1 Å². The van der Waals surface area contributed by atoms with Crippen molar-refractivity contribution in [3.63, 3.8) is 0 Å². The van der Waals surface area contributed by atoms with Gasteiger partial charge in [-0.05, 0) is 19.1 Å². The molecule has 1 aromatic carbocycles. The van der Waals surface area contributed by atoms with Crippen LogP contribution in [0.5, 0.6) is 0 Å². The van der Waals surface area contributed by atoms with Crippen molar-refractivity contribution in [3.8, 4) is 11.8 Å². The largest absolute Gasteiger partial charge is 0.390 e. The minimum absolute atomic E-state index is 0.809. The van der Waals surface area contributed by atoms with Gasteiger partial charge < -0.3 is 10.2 Å². The number of aliphatic hydroxyl groups is 2. The van der Waals surface area contributed by atoms with Crippen molar-refractivity contribution in [3.05, 3.63) is 35.9 Å². The molecule has 0 spiro atoms. The lowest BCUT2D eigenvalue weighted by Gasteiger charge is -2.04. The number of benzene rings is 1. The minimum Gasteiger partial charge on any atom is -0.390 e. The van der Waals surface area contributed by atoms with Gasteiger partial charge in [0.2, 0.25) is 0 Å². The molecule has 13 heavy (non-hydrogen) atoms. The molecular weight excluding hydrogens is 164 g/mol. The number of aliphatic hydroxyl groups excluding tert-OH is 2. The van der Waals surface area contributed by atoms with Gasteiger partial charge in [-0.3, -0.25) is 0 Å². The number of rotatable bonds is 1. The van der Waals surface area contributed by atoms with Gasteiger partial charge in [-0.15, -0.1) is 0 Å². The van der Waals surface area contributed by atoms with Gasteiger partial charge in [-0.2, -0.15) is 0 Å². The molecule has 1 rings (SSSR count). The van der Waals surface area contributed by atoms with E-state index in [0.717, 1.165) is 5.56 Å². The zero-order valence-electron chi connectivity index (χ0n) is 7.44. The predicted molar refractivity (Wildman–Crippen MR) is 51.0 cm³/mol. The smallest absolute Gasteiger partial charge is 0.140 e. The van der Waals surface area contributed by atoms with E-state index in [0.29, 0.717) is 0 Å². The molecule has 0 fully saturated rings. The van der Waals surface area contributed by atoms with Crippen molar-refractivity contribution >= 4 is 0 Å². The maximum atomic E-state index is 9.16. The van der Waals surface area contributed by atoms with E-state index in [2.05, 4.69) is 11.8 Å². The van der Waals surface area contributed by atoms with Crippen molar-refractivity contribution in [2.24, 2.45) is 0 Å². The Bertz CT molecular complexity index is 306. The maximum Gasteiger partial charge on any atom is 0.140 e. The van der Waals surface area contributed by atoms with Gasteiger partial charge in [0, 0.05) is 5.56 Å². The summed E-state index contributed by atoms with van der Waals surface area (Å²) in [6, 6.07) is 9.34. The monoisotopic (exact) mass is 176 g/mol. The van der Waals surface area contributed by atoms with Gasteiger partial charge in [-0.25, -0.2) is 0 Å². The summed E-state index contributed by atoms with van der Waals surface area (Å²) >= 11 is 0. The highest BCUT2D eigenvalue weighted by molar-refractivity contribution is 5.34. The molecule has 68 valence electrons. The normalized spacial score (nSPS) is 14.1. The second kappa shape index (κ2) is 4.66. The molecule has 2 unspecified atom stereocenters. The molecular formula is C11H12O2. The van der Waals surface area contributed by atoms with Crippen LogP contribution in [0.25, 0.3) is 0 Å². The highest BCUT2D eigenvalue weighted by Gasteiger charge is 2.04. The van der Waals surface area contributed by atoms with Crippen LogP contribution in [-0.2, 0) is 0 Å². The molecule has 0 heterocycles. The summed E-state index contributed by atoms with van der Waals surface area (Å²) in [4.78, 5) is 0. The molecule has 0 aromatic heterocycles. The molecule has 1 aromatic rings. The summed E-state index contributed by atoms with van der Waals surface area (Å²) in [6.07, 6.45) is -1.78. The van der Waals surface area contributed by atoms with Crippen molar-refractivity contribution in [2.75, 3.05) is 0 Å². The fourth-order valence-electron chi connectivity index (χ4n) is 0.799. The minimum atomic E-state index is -0.972. The summed E-state index contributed by atoms with van der Waals surface area (Å²) in [7, 11) is 0. The molecule has 0 aliphatic carbocycles. The van der Waals surface area contributed by atoms with Crippen LogP contribution in [0.1, 0.15) is 12.5 Å². The fraction of sp³-hybridized carbons (Fsp3) is 0.273. The Morgan fingerprint density at radius 2 is 1.77 bits per heavy atom. The zero-order valence-corrected chi connectivity index (χ0v) is 7.44. The summed E-state index contributed by atoms with van der Waals surface area (Å²) in [5, 5.41) is 18.1. The van der Waals surface area contributed by atoms with Gasteiger partial charge in [0.25, 0.3) is 0 Å². The highest BCUT2D eigenvalue weighted by atomic mass is 16.3. The molecule has 2 heteroatoms. The lowest BCUT2D eigenvalue weighted by Crippen LogP contribution is -2.19. The Labute approximate surface area is 77.8 Å². The third-order valence-corrected chi connectivity index (χ3v) is 1.60. The van der Waals surface area contributed by atoms with Gasteiger partial charge in [0.05, 0.1) is 6.10 Å². The number of hydrogen-bond acceptors (Lipinski definition) is 2. The molecule has 0 aliphatic heterocycles. The Hall–Kier alpha value is -1.30. The topological polar surface area (TPSA) is 40.5 Å². The van der Waals surface area contributed by atoms with Crippen LogP contribution in [0.4, 0.5) is 0 Å². The summed E-state index contributed by atoms with van der Waals surface area (Å²) in [6.45, 7) is 1.50. The second-order valence-electron chi connectivity index (χ2n) is 2.82. The molecule has 0 saturated carbocycles. The quantitative estimate of drug-likeness (QED) is 0.621. The first kappa shape index (κ1) is 9.79. The number of hydrogen-bond donors (Lipinski definition) is 2. The van der Waals surface area contributed by atoms with E-state index in [-0.39, 0.29) is 0 Å². The third-order valence-electron chi connectivity index (χ3n) is 1.60. The second-order valence-corrected chi connectivity index (χ2v) is 2.82. The Balaban J connectivity index is 2.68. The molecule has 2 nitrogen and oxygen atoms in total. The first-order valence-corrected chi connectivity index (χ1v) is 4.13. The van der Waals surface area contributed by atoms with Crippen LogP contribution in [-0.4, -0.2) is 22.4 Å². The summed E-state index contributed by atoms with van der Waals surface area (Å²) in [5.41, 5.74) is 0.835. The standard InChI is InChI=1S/C11H12O2/c1-9(12)11(13)8-7-10-5-3-2-4-6-10/h2-6,9,11-13H,1H3. The average molecular weight is 176 g/mol. The molecule has 2 N–H and O–H groups in total. The van der Waals surface area contributed by atoms with Gasteiger partial charge in [0.1, 0.15) is 6.10 Å². The van der Waals surface area contributed by atoms with E-state index in [9.17, 15) is 0 Å². The Morgan fingerprint density at radius 1 is 1.15 bits per heavy atom. The van der Waals surface area contributed by atoms with Crippen LogP contribution in [0, 0.1) is 11.8 Å². The van der Waals surface area contributed by atoms with Crippen LogP contribution >= 0.6 is 0 Å². The van der Waals surface area contributed by atoms with Crippen LogP contribution < -0.4 is 0 Å². The third kappa shape index (κ3) is 3.29. The lowest BCUT2D eigenvalue weighted by molar-refractivity contribution is 0.0677. The van der Waals surface area contributed by atoms with Crippen molar-refractivity contribution in [1.29, 1.82) is 0 Å². The van der Waals surface area contributed by atoms with E-state index < -0.39 is 12.2 Å². The van der Waals surface area contributed by atoms with E-state index in [1.807, 2.05) is 30.3 Å². The first-order chi connectivity index (χ1) is 6.20. The maximum absolute atomic E-state index is 9.16. The summed E-state index contributed by atoms with van der Waals surface area (Å²) < 4.78 is 0. The van der Waals surface area contributed by atoms with Gasteiger partial charge in [0.15, 0.2) is 0 Å². The van der Waals surface area contributed by atoms with Gasteiger partial charge >= 0.3 is 0 Å². The van der Waals surface area contributed by atoms with Crippen molar-refractivity contribution < 1.29 is 10.2 Å². The SMILES string of the molecule is CC(O)C(O)C#Cc1ccccc1. The van der Waals surface area contributed by atoms with Crippen LogP contribution in [0.2, 0.25) is 0 Å². The zero-order chi connectivity index (χ0) is 9.68. The predicted octanol–water partition coefficient (Wildman–Crippen LogP) is 0.780. The van der Waals surface area contributed by atoms with Crippen molar-refractivity contribution in [1.82, 2.24) is 0 Å². The first-order valence-electron chi connectivity index (χ1n) is 4.13. The molecule has 0 aliphatic rings. The molecule has 0 bridgehead atoms. The Kier molecular flexibility index (Phi) is 3.51. The molecule has 0 radical (unpaired) electrons. The van der Waals surface area contributed by atoms with Crippen LogP contribution in [0.15, 0.2) is 30.3 Å².